The summed E-state index contributed by atoms with van der Waals surface area (Å²) in [5, 5.41) is 0. The minimum Gasteiger partial charge on any atom is -0.344 e. The Bertz CT molecular complexity index is 573. The second-order valence-corrected chi connectivity index (χ2v) is 4.15. The van der Waals surface area contributed by atoms with Crippen molar-refractivity contribution in [1.29, 1.82) is 0 Å². The quantitative estimate of drug-likeness (QED) is 0.789. The molecule has 0 aliphatic heterocycles. The van der Waals surface area contributed by atoms with Gasteiger partial charge in [-0.3, -0.25) is 4.79 Å². The maximum Gasteiger partial charge on any atom is 0.252 e. The fraction of sp³-hybridized carbons (Fsp3) is 0.214. The van der Waals surface area contributed by atoms with E-state index in [0.717, 1.165) is 17.1 Å². The van der Waals surface area contributed by atoms with Gasteiger partial charge in [-0.1, -0.05) is 18.2 Å². The molecule has 0 bridgehead atoms. The fourth-order valence-electron chi connectivity index (χ4n) is 1.74. The Labute approximate surface area is 101 Å². The number of para-hydroxylation sites is 1. The predicted molar refractivity (Wildman–Crippen MR) is 70.9 cm³/mol. The molecule has 0 saturated heterocycles. The third-order valence-electron chi connectivity index (χ3n) is 3.02. The lowest BCUT2D eigenvalue weighted by Gasteiger charge is -2.20. The van der Waals surface area contributed by atoms with Gasteiger partial charge in [-0.05, 0) is 25.1 Å². The highest BCUT2D eigenvalue weighted by Crippen LogP contribution is 2.22. The Morgan fingerprint density at radius 1 is 1.06 bits per heavy atom. The first kappa shape index (κ1) is 11.5. The zero-order valence-corrected chi connectivity index (χ0v) is 10.3. The lowest BCUT2D eigenvalue weighted by atomic mass is 10.2. The minimum absolute atomic E-state index is 0.0165. The van der Waals surface area contributed by atoms with Crippen LogP contribution in [0.1, 0.15) is 5.69 Å². The maximum absolute atomic E-state index is 11.7. The van der Waals surface area contributed by atoms with E-state index < -0.39 is 0 Å². The number of aryl methyl sites for hydroxylation is 1. The molecule has 0 atom stereocenters. The molecular weight excluding hydrogens is 212 g/mol. The summed E-state index contributed by atoms with van der Waals surface area (Å²) in [4.78, 5) is 13.7. The Morgan fingerprint density at radius 2 is 1.71 bits per heavy atom. The normalized spacial score (nSPS) is 10.3. The summed E-state index contributed by atoms with van der Waals surface area (Å²) in [7, 11) is 3.74. The molecule has 0 fully saturated rings. The molecule has 88 valence electrons. The number of pyridine rings is 1. The van der Waals surface area contributed by atoms with Gasteiger partial charge >= 0.3 is 0 Å². The van der Waals surface area contributed by atoms with Crippen molar-refractivity contribution in [1.82, 2.24) is 4.57 Å². The van der Waals surface area contributed by atoms with Crippen LogP contribution in [0.2, 0.25) is 0 Å². The average Bonchev–Trinajstić information content (AvgIpc) is 2.35. The van der Waals surface area contributed by atoms with Crippen LogP contribution < -0.4 is 10.5 Å². The highest BCUT2D eigenvalue weighted by atomic mass is 16.1. The van der Waals surface area contributed by atoms with E-state index in [1.807, 2.05) is 55.3 Å². The standard InChI is InChI=1S/C14H16N2O/c1-11-9-13(10-14(17)15(11)2)16(3)12-7-5-4-6-8-12/h4-10H,1-3H3. The van der Waals surface area contributed by atoms with Gasteiger partial charge in [-0.2, -0.15) is 0 Å². The molecule has 17 heavy (non-hydrogen) atoms. The van der Waals surface area contributed by atoms with Crippen molar-refractivity contribution in [3.8, 4) is 0 Å². The number of anilines is 2. The van der Waals surface area contributed by atoms with Gasteiger partial charge in [-0.15, -0.1) is 0 Å². The van der Waals surface area contributed by atoms with Crippen LogP contribution >= 0.6 is 0 Å². The first-order valence-corrected chi connectivity index (χ1v) is 5.56. The third kappa shape index (κ3) is 2.23. The molecule has 0 unspecified atom stereocenters. The van der Waals surface area contributed by atoms with Crippen molar-refractivity contribution in [2.24, 2.45) is 7.05 Å². The third-order valence-corrected chi connectivity index (χ3v) is 3.02. The number of nitrogens with zero attached hydrogens (tertiary/aromatic N) is 2. The maximum atomic E-state index is 11.7. The molecule has 1 aromatic heterocycles. The van der Waals surface area contributed by atoms with Crippen molar-refractivity contribution in [3.05, 3.63) is 58.5 Å². The summed E-state index contributed by atoms with van der Waals surface area (Å²) in [6.45, 7) is 1.93. The molecule has 2 rings (SSSR count). The molecule has 2 aromatic rings. The van der Waals surface area contributed by atoms with Gasteiger partial charge in [0.1, 0.15) is 0 Å². The highest BCUT2D eigenvalue weighted by molar-refractivity contribution is 5.62. The van der Waals surface area contributed by atoms with Gasteiger partial charge < -0.3 is 9.47 Å². The summed E-state index contributed by atoms with van der Waals surface area (Å²) in [6.07, 6.45) is 0. The molecule has 1 aromatic carbocycles. The van der Waals surface area contributed by atoms with Crippen molar-refractivity contribution >= 4 is 11.4 Å². The van der Waals surface area contributed by atoms with E-state index in [1.165, 1.54) is 0 Å². The van der Waals surface area contributed by atoms with E-state index in [-0.39, 0.29) is 5.56 Å². The molecular formula is C14H16N2O. The van der Waals surface area contributed by atoms with Crippen molar-refractivity contribution in [3.63, 3.8) is 0 Å². The lowest BCUT2D eigenvalue weighted by Crippen LogP contribution is -2.21. The van der Waals surface area contributed by atoms with E-state index in [1.54, 1.807) is 17.7 Å². The van der Waals surface area contributed by atoms with Crippen LogP contribution in [0.3, 0.4) is 0 Å². The average molecular weight is 228 g/mol. The van der Waals surface area contributed by atoms with Crippen LogP contribution in [0, 0.1) is 6.92 Å². The van der Waals surface area contributed by atoms with E-state index in [9.17, 15) is 4.79 Å². The number of aromatic nitrogens is 1. The molecule has 0 radical (unpaired) electrons. The Hall–Kier alpha value is -2.03. The largest absolute Gasteiger partial charge is 0.344 e. The summed E-state index contributed by atoms with van der Waals surface area (Å²) in [6, 6.07) is 13.7. The Morgan fingerprint density at radius 3 is 2.29 bits per heavy atom. The molecule has 3 nitrogen and oxygen atoms in total. The molecule has 0 amide bonds. The van der Waals surface area contributed by atoms with Crippen LogP contribution in [0.4, 0.5) is 11.4 Å². The Kier molecular flexibility index (Phi) is 3.00. The van der Waals surface area contributed by atoms with Crippen LogP contribution in [0.5, 0.6) is 0 Å². The molecule has 0 spiro atoms. The lowest BCUT2D eigenvalue weighted by molar-refractivity contribution is 0.817. The van der Waals surface area contributed by atoms with E-state index >= 15 is 0 Å². The van der Waals surface area contributed by atoms with E-state index in [4.69, 9.17) is 0 Å². The zero-order chi connectivity index (χ0) is 12.4. The van der Waals surface area contributed by atoms with Crippen molar-refractivity contribution in [2.75, 3.05) is 11.9 Å². The molecule has 3 heteroatoms. The molecule has 0 N–H and O–H groups in total. The van der Waals surface area contributed by atoms with Gasteiger partial charge in [0.2, 0.25) is 0 Å². The smallest absolute Gasteiger partial charge is 0.252 e. The minimum atomic E-state index is 0.0165. The van der Waals surface area contributed by atoms with E-state index in [2.05, 4.69) is 0 Å². The van der Waals surface area contributed by atoms with Crippen LogP contribution in [0.25, 0.3) is 0 Å². The molecule has 0 aliphatic carbocycles. The monoisotopic (exact) mass is 228 g/mol. The van der Waals surface area contributed by atoms with Crippen molar-refractivity contribution in [2.45, 2.75) is 6.92 Å². The summed E-state index contributed by atoms with van der Waals surface area (Å²) in [5.74, 6) is 0. The summed E-state index contributed by atoms with van der Waals surface area (Å²) in [5.41, 5.74) is 2.95. The number of benzene rings is 1. The highest BCUT2D eigenvalue weighted by Gasteiger charge is 2.06. The second-order valence-electron chi connectivity index (χ2n) is 4.15. The molecule has 0 aliphatic rings. The first-order valence-electron chi connectivity index (χ1n) is 5.56. The number of hydrogen-bond donors (Lipinski definition) is 0. The number of hydrogen-bond acceptors (Lipinski definition) is 2. The van der Waals surface area contributed by atoms with Gasteiger partial charge in [0.25, 0.3) is 5.56 Å². The fourth-order valence-corrected chi connectivity index (χ4v) is 1.74. The predicted octanol–water partition coefficient (Wildman–Crippen LogP) is 2.46. The number of rotatable bonds is 2. The van der Waals surface area contributed by atoms with E-state index in [0.29, 0.717) is 0 Å². The molecule has 1 heterocycles. The van der Waals surface area contributed by atoms with Gasteiger partial charge in [0.05, 0.1) is 0 Å². The van der Waals surface area contributed by atoms with Crippen LogP contribution in [-0.4, -0.2) is 11.6 Å². The van der Waals surface area contributed by atoms with Crippen LogP contribution in [-0.2, 0) is 7.05 Å². The van der Waals surface area contributed by atoms with Crippen molar-refractivity contribution < 1.29 is 0 Å². The summed E-state index contributed by atoms with van der Waals surface area (Å²) >= 11 is 0. The van der Waals surface area contributed by atoms with Crippen LogP contribution in [0.15, 0.2) is 47.3 Å². The zero-order valence-electron chi connectivity index (χ0n) is 10.3. The Balaban J connectivity index is 2.45. The SMILES string of the molecule is Cc1cc(N(C)c2ccccc2)cc(=O)n1C. The van der Waals surface area contributed by atoms with Gasteiger partial charge in [0.15, 0.2) is 0 Å². The first-order chi connectivity index (χ1) is 8.09. The topological polar surface area (TPSA) is 25.2 Å². The second kappa shape index (κ2) is 4.45. The molecule has 0 saturated carbocycles. The van der Waals surface area contributed by atoms with Gasteiger partial charge in [-0.25, -0.2) is 0 Å². The summed E-state index contributed by atoms with van der Waals surface area (Å²) < 4.78 is 1.64. The van der Waals surface area contributed by atoms with Gasteiger partial charge in [0, 0.05) is 37.2 Å².